The van der Waals surface area contributed by atoms with Crippen LogP contribution in [0.1, 0.15) is 0 Å². The van der Waals surface area contributed by atoms with E-state index in [0.29, 0.717) is 0 Å². The lowest BCUT2D eigenvalue weighted by Crippen LogP contribution is -1.86. The molecule has 0 spiro atoms. The number of nitro groups is 1. The Balaban J connectivity index is 0.000000261. The van der Waals surface area contributed by atoms with Crippen molar-refractivity contribution in [2.75, 3.05) is 0 Å². The molecular weight excluding hydrogens is 170 g/mol. The summed E-state index contributed by atoms with van der Waals surface area (Å²) in [5, 5.41) is 29.3. The molecule has 0 aromatic carbocycles. The third-order valence-electron chi connectivity index (χ3n) is 0.683. The largest absolute Gasteiger partial charge is 0.503 e. The van der Waals surface area contributed by atoms with Crippen LogP contribution in [-0.2, 0) is 0 Å². The minimum Gasteiger partial charge on any atom is -0.450 e. The van der Waals surface area contributed by atoms with Gasteiger partial charge in [0.1, 0.15) is 0 Å². The average molecular weight is 175 g/mol. The molecule has 12 heavy (non-hydrogen) atoms. The van der Waals surface area contributed by atoms with E-state index in [-0.39, 0.29) is 5.82 Å². The van der Waals surface area contributed by atoms with Crippen LogP contribution in [0, 0.1) is 10.1 Å². The smallest absolute Gasteiger partial charge is 0.450 e. The highest BCUT2D eigenvalue weighted by Crippen LogP contribution is 2.00. The van der Waals surface area contributed by atoms with Crippen LogP contribution in [0.3, 0.4) is 0 Å². The third kappa shape index (κ3) is 4.73. The monoisotopic (exact) mass is 175 g/mol. The number of rotatable bonds is 1. The average Bonchev–Trinajstić information content (AvgIpc) is 2.34. The number of H-pyrrole nitrogens is 1. The van der Waals surface area contributed by atoms with Crippen molar-refractivity contribution in [3.63, 3.8) is 0 Å². The molecule has 0 radical (unpaired) electrons. The van der Waals surface area contributed by atoms with E-state index in [2.05, 4.69) is 10.2 Å². The first-order chi connectivity index (χ1) is 5.54. The standard InChI is InChI=1S/C3H3N3O2.CH2O3/c7-6(8)3-1-2-4-5-3;2-1(3)4/h1-2H,(H,4,5);(H2,2,3,4). The molecule has 0 fully saturated rings. The number of aromatic amines is 1. The molecule has 1 rings (SSSR count). The predicted molar refractivity (Wildman–Crippen MR) is 35.9 cm³/mol. The van der Waals surface area contributed by atoms with Crippen LogP contribution in [0.2, 0.25) is 0 Å². The topological polar surface area (TPSA) is 129 Å². The maximum atomic E-state index is 9.80. The van der Waals surface area contributed by atoms with E-state index in [9.17, 15) is 10.1 Å². The molecule has 8 heteroatoms. The van der Waals surface area contributed by atoms with E-state index in [1.165, 1.54) is 12.3 Å². The van der Waals surface area contributed by atoms with Gasteiger partial charge in [-0.25, -0.2) is 4.79 Å². The molecule has 0 aliphatic rings. The van der Waals surface area contributed by atoms with Gasteiger partial charge in [0, 0.05) is 0 Å². The van der Waals surface area contributed by atoms with Crippen LogP contribution >= 0.6 is 0 Å². The summed E-state index contributed by atoms with van der Waals surface area (Å²) in [6, 6.07) is 1.29. The molecule has 1 heterocycles. The Hall–Kier alpha value is -2.12. The van der Waals surface area contributed by atoms with Gasteiger partial charge in [-0.15, -0.1) is 5.10 Å². The van der Waals surface area contributed by atoms with Crippen molar-refractivity contribution in [2.24, 2.45) is 0 Å². The van der Waals surface area contributed by atoms with E-state index in [4.69, 9.17) is 15.0 Å². The fourth-order valence-corrected chi connectivity index (χ4v) is 0.350. The van der Waals surface area contributed by atoms with E-state index in [0.717, 1.165) is 0 Å². The Labute approximate surface area is 65.6 Å². The lowest BCUT2D eigenvalue weighted by Gasteiger charge is -1.82. The van der Waals surface area contributed by atoms with E-state index in [1.54, 1.807) is 0 Å². The Kier molecular flexibility index (Phi) is 3.84. The fourth-order valence-electron chi connectivity index (χ4n) is 0.350. The first kappa shape index (κ1) is 9.88. The minimum absolute atomic E-state index is 0.0787. The Bertz CT molecular complexity index is 252. The molecule has 0 aliphatic heterocycles. The second-order valence-electron chi connectivity index (χ2n) is 1.48. The molecule has 0 saturated heterocycles. The Morgan fingerprint density at radius 1 is 1.67 bits per heavy atom. The molecule has 0 bridgehead atoms. The molecule has 0 amide bonds. The Morgan fingerprint density at radius 2 is 2.17 bits per heavy atom. The van der Waals surface area contributed by atoms with Gasteiger partial charge in [0.2, 0.25) is 0 Å². The highest BCUT2D eigenvalue weighted by Gasteiger charge is 1.99. The highest BCUT2D eigenvalue weighted by molar-refractivity contribution is 5.53. The van der Waals surface area contributed by atoms with Crippen molar-refractivity contribution in [2.45, 2.75) is 0 Å². The SMILES string of the molecule is O=C(O)O.O=[N+]([O-])c1ccn[nH]1. The second-order valence-corrected chi connectivity index (χ2v) is 1.48. The van der Waals surface area contributed by atoms with Crippen molar-refractivity contribution < 1.29 is 19.9 Å². The summed E-state index contributed by atoms with van der Waals surface area (Å²) in [6.45, 7) is 0. The number of nitrogens with one attached hydrogen (secondary N) is 1. The van der Waals surface area contributed by atoms with Crippen LogP contribution in [0.25, 0.3) is 0 Å². The quantitative estimate of drug-likeness (QED) is 0.421. The zero-order chi connectivity index (χ0) is 9.56. The van der Waals surface area contributed by atoms with Crippen molar-refractivity contribution in [3.05, 3.63) is 22.4 Å². The van der Waals surface area contributed by atoms with E-state index < -0.39 is 11.1 Å². The van der Waals surface area contributed by atoms with Crippen molar-refractivity contribution in [3.8, 4) is 0 Å². The first-order valence-corrected chi connectivity index (χ1v) is 2.59. The number of nitrogens with zero attached hydrogens (tertiary/aromatic N) is 2. The summed E-state index contributed by atoms with van der Waals surface area (Å²) in [5.41, 5.74) is 0. The minimum atomic E-state index is -1.83. The van der Waals surface area contributed by atoms with Gasteiger partial charge in [0.25, 0.3) is 0 Å². The summed E-state index contributed by atoms with van der Waals surface area (Å²) in [6.07, 6.45) is -0.502. The predicted octanol–water partition coefficient (Wildman–Crippen LogP) is 0.540. The van der Waals surface area contributed by atoms with Gasteiger partial charge in [-0.1, -0.05) is 5.10 Å². The molecule has 0 aliphatic carbocycles. The molecule has 0 unspecified atom stereocenters. The number of aromatic nitrogens is 2. The van der Waals surface area contributed by atoms with Gasteiger partial charge in [0.05, 0.1) is 12.3 Å². The number of hydrogen-bond acceptors (Lipinski definition) is 4. The van der Waals surface area contributed by atoms with Crippen molar-refractivity contribution in [1.82, 2.24) is 10.2 Å². The van der Waals surface area contributed by atoms with Crippen LogP contribution in [0.5, 0.6) is 0 Å². The number of carbonyl (C=O) groups is 1. The lowest BCUT2D eigenvalue weighted by molar-refractivity contribution is -0.389. The maximum Gasteiger partial charge on any atom is 0.503 e. The maximum absolute atomic E-state index is 9.80. The molecule has 0 saturated carbocycles. The fraction of sp³-hybridized carbons (Fsp3) is 0. The van der Waals surface area contributed by atoms with E-state index in [1.807, 2.05) is 0 Å². The zero-order valence-electron chi connectivity index (χ0n) is 5.67. The van der Waals surface area contributed by atoms with Crippen molar-refractivity contribution >= 4 is 12.0 Å². The van der Waals surface area contributed by atoms with Gasteiger partial charge in [-0.05, 0) is 4.92 Å². The lowest BCUT2D eigenvalue weighted by atomic mass is 10.7. The molecule has 1 aromatic heterocycles. The molecule has 8 nitrogen and oxygen atoms in total. The summed E-state index contributed by atoms with van der Waals surface area (Å²) < 4.78 is 0. The molecule has 0 atom stereocenters. The first-order valence-electron chi connectivity index (χ1n) is 2.59. The molecule has 66 valence electrons. The summed E-state index contributed by atoms with van der Waals surface area (Å²) in [5.74, 6) is -0.0787. The number of hydrogen-bond donors (Lipinski definition) is 3. The van der Waals surface area contributed by atoms with Crippen LogP contribution in [0.4, 0.5) is 10.6 Å². The second kappa shape index (κ2) is 4.66. The summed E-state index contributed by atoms with van der Waals surface area (Å²) in [7, 11) is 0. The number of carboxylic acid groups (broad SMARTS) is 2. The van der Waals surface area contributed by atoms with Gasteiger partial charge in [0.15, 0.2) is 0 Å². The molecule has 3 N–H and O–H groups in total. The Morgan fingerprint density at radius 3 is 2.33 bits per heavy atom. The van der Waals surface area contributed by atoms with Gasteiger partial charge in [-0.3, -0.25) is 0 Å². The van der Waals surface area contributed by atoms with Crippen LogP contribution in [0.15, 0.2) is 12.3 Å². The van der Waals surface area contributed by atoms with Crippen molar-refractivity contribution in [1.29, 1.82) is 0 Å². The highest BCUT2D eigenvalue weighted by atomic mass is 16.6. The van der Waals surface area contributed by atoms with Gasteiger partial charge >= 0.3 is 12.0 Å². The zero-order valence-corrected chi connectivity index (χ0v) is 5.67. The summed E-state index contributed by atoms with van der Waals surface area (Å²) >= 11 is 0. The molecule has 1 aromatic rings. The molecular formula is C4H5N3O5. The summed E-state index contributed by atoms with van der Waals surface area (Å²) in [4.78, 5) is 17.8. The van der Waals surface area contributed by atoms with E-state index >= 15 is 0 Å². The van der Waals surface area contributed by atoms with Gasteiger partial charge in [-0.2, -0.15) is 0 Å². The van der Waals surface area contributed by atoms with Crippen LogP contribution in [-0.4, -0.2) is 31.5 Å². The van der Waals surface area contributed by atoms with Gasteiger partial charge < -0.3 is 20.3 Å². The third-order valence-corrected chi connectivity index (χ3v) is 0.683. The normalized spacial score (nSPS) is 8.00. The van der Waals surface area contributed by atoms with Crippen LogP contribution < -0.4 is 0 Å².